The molecule has 0 heterocycles. The first-order valence-electron chi connectivity index (χ1n) is 15.8. The van der Waals surface area contributed by atoms with E-state index in [1.54, 1.807) is 0 Å². The summed E-state index contributed by atoms with van der Waals surface area (Å²) < 4.78 is 0.181. The van der Waals surface area contributed by atoms with Crippen LogP contribution in [0.1, 0.15) is 75.6 Å². The Kier molecular flexibility index (Phi) is 8.26. The molecule has 2 atom stereocenters. The van der Waals surface area contributed by atoms with Crippen molar-refractivity contribution in [2.75, 3.05) is 0 Å². The van der Waals surface area contributed by atoms with Crippen molar-refractivity contribution in [3.63, 3.8) is 0 Å². The summed E-state index contributed by atoms with van der Waals surface area (Å²) in [4.78, 5) is 0. The molecule has 0 nitrogen and oxygen atoms in total. The summed E-state index contributed by atoms with van der Waals surface area (Å²) in [5.74, 6) is -0.901. The van der Waals surface area contributed by atoms with Gasteiger partial charge in [-0.05, 0) is 0 Å². The van der Waals surface area contributed by atoms with Crippen LogP contribution in [-0.2, 0) is 15.6 Å². The zero-order chi connectivity index (χ0) is 30.7. The Balaban J connectivity index is 1.64. The van der Waals surface area contributed by atoms with Crippen molar-refractivity contribution >= 4 is 35.1 Å². The number of hydrogen-bond donors (Lipinski definition) is 0. The first-order valence-corrected chi connectivity index (χ1v) is 32.1. The molecule has 4 heteroatoms. The van der Waals surface area contributed by atoms with E-state index in [4.69, 9.17) is 17.0 Å². The van der Waals surface area contributed by atoms with Gasteiger partial charge in [-0.2, -0.15) is 0 Å². The number of benzene rings is 4. The topological polar surface area (TPSA) is 0 Å². The molecular weight excluding hydrogens is 659 g/mol. The maximum atomic E-state index is 8.66. The number of fused-ring (bicyclic) bond motifs is 2. The van der Waals surface area contributed by atoms with Crippen LogP contribution in [0.15, 0.2) is 102 Å². The summed E-state index contributed by atoms with van der Waals surface area (Å²) >= 11 is -4.83. The van der Waals surface area contributed by atoms with E-state index in [2.05, 4.69) is 151 Å². The van der Waals surface area contributed by atoms with Gasteiger partial charge < -0.3 is 0 Å². The van der Waals surface area contributed by atoms with Crippen LogP contribution in [0.4, 0.5) is 0 Å². The van der Waals surface area contributed by atoms with E-state index >= 15 is 0 Å². The molecule has 0 bridgehead atoms. The van der Waals surface area contributed by atoms with Crippen molar-refractivity contribution in [1.82, 2.24) is 0 Å². The molecule has 43 heavy (non-hydrogen) atoms. The first-order chi connectivity index (χ1) is 20.4. The van der Waals surface area contributed by atoms with Crippen LogP contribution in [-0.4, -0.2) is 5.92 Å². The van der Waals surface area contributed by atoms with E-state index in [0.29, 0.717) is 11.8 Å². The Morgan fingerprint density at radius 1 is 0.628 bits per heavy atom. The van der Waals surface area contributed by atoms with Gasteiger partial charge in [0.15, 0.2) is 0 Å². The zero-order valence-corrected chi connectivity index (χ0v) is 31.6. The van der Waals surface area contributed by atoms with Crippen LogP contribution >= 0.6 is 17.0 Å². The number of halogens is 2. The van der Waals surface area contributed by atoms with Gasteiger partial charge in [0.1, 0.15) is 0 Å². The van der Waals surface area contributed by atoms with Crippen molar-refractivity contribution < 1.29 is 15.6 Å². The van der Waals surface area contributed by atoms with Crippen LogP contribution in [0.25, 0.3) is 34.4 Å². The van der Waals surface area contributed by atoms with Gasteiger partial charge in [-0.3, -0.25) is 0 Å². The van der Waals surface area contributed by atoms with E-state index in [1.807, 2.05) is 0 Å². The molecule has 0 amide bonds. The number of rotatable bonds is 7. The summed E-state index contributed by atoms with van der Waals surface area (Å²) in [5, 5.41) is 0. The fraction of sp³-hybridized carbons (Fsp3) is 0.282. The molecule has 4 aromatic carbocycles. The van der Waals surface area contributed by atoms with E-state index < -0.39 is 21.5 Å². The third-order valence-electron chi connectivity index (χ3n) is 10.2. The van der Waals surface area contributed by atoms with Gasteiger partial charge in [0.25, 0.3) is 0 Å². The second-order valence-corrected chi connectivity index (χ2v) is 56.2. The monoisotopic (exact) mass is 699 g/mol. The molecule has 0 spiro atoms. The molecule has 6 rings (SSSR count). The molecule has 0 N–H and O–H groups in total. The van der Waals surface area contributed by atoms with Crippen molar-refractivity contribution in [2.45, 2.75) is 60.9 Å². The fourth-order valence-electron chi connectivity index (χ4n) is 8.00. The van der Waals surface area contributed by atoms with Crippen LogP contribution in [0.2, 0.25) is 13.1 Å². The van der Waals surface area contributed by atoms with Gasteiger partial charge in [-0.1, -0.05) is 0 Å². The number of allylic oxidation sites excluding steroid dienone is 2. The quantitative estimate of drug-likeness (QED) is 0.168. The molecule has 0 fully saturated rings. The Bertz CT molecular complexity index is 1750. The molecule has 0 radical (unpaired) electrons. The molecule has 221 valence electrons. The summed E-state index contributed by atoms with van der Waals surface area (Å²) in [6.45, 7) is 16.5. The molecule has 0 saturated carbocycles. The predicted molar refractivity (Wildman–Crippen MR) is 190 cm³/mol. The van der Waals surface area contributed by atoms with Crippen LogP contribution < -0.4 is 0 Å². The van der Waals surface area contributed by atoms with Crippen molar-refractivity contribution in [3.8, 4) is 22.3 Å². The van der Waals surface area contributed by atoms with E-state index in [1.165, 1.54) is 61.2 Å². The molecule has 2 aliphatic carbocycles. The second kappa shape index (κ2) is 11.4. The SMILES string of the molecule is CC1=Cc2c(-c3ccccc3)ccc(C(C)C)c2[CH]1[Zr]([Cl])([Cl])([CH]1C(C(C)C)=Cc2c(-c3ccccc3)cccc21)[SiH](C)C. The molecule has 2 aliphatic rings. The number of hydrogen-bond acceptors (Lipinski definition) is 0. The normalized spacial score (nSPS) is 18.8. The summed E-state index contributed by atoms with van der Waals surface area (Å²) in [6, 6.07) is 33.1. The fourth-order valence-corrected chi connectivity index (χ4v) is 40.1. The predicted octanol–water partition coefficient (Wildman–Crippen LogP) is 12.4. The third kappa shape index (κ3) is 4.87. The summed E-state index contributed by atoms with van der Waals surface area (Å²) in [5.41, 5.74) is 14.7. The van der Waals surface area contributed by atoms with Crippen molar-refractivity contribution in [2.24, 2.45) is 5.92 Å². The van der Waals surface area contributed by atoms with E-state index in [-0.39, 0.29) is 7.25 Å². The Hall–Kier alpha value is -1.96. The summed E-state index contributed by atoms with van der Waals surface area (Å²) in [7, 11) is 17.3. The molecular formula is C39H43Cl2SiZr. The molecule has 0 saturated heterocycles. The van der Waals surface area contributed by atoms with Crippen LogP contribution in [0, 0.1) is 5.92 Å². The van der Waals surface area contributed by atoms with Gasteiger partial charge in [0.2, 0.25) is 0 Å². The Morgan fingerprint density at radius 2 is 1.21 bits per heavy atom. The molecule has 4 aromatic rings. The molecule has 0 aliphatic heterocycles. The average Bonchev–Trinajstić information content (AvgIpc) is 3.57. The van der Waals surface area contributed by atoms with Crippen LogP contribution in [0.3, 0.4) is 0 Å². The van der Waals surface area contributed by atoms with Crippen molar-refractivity contribution in [1.29, 1.82) is 0 Å². The van der Waals surface area contributed by atoms with Gasteiger partial charge >= 0.3 is 270 Å². The first kappa shape index (κ1) is 31.0. The van der Waals surface area contributed by atoms with E-state index in [0.717, 1.165) is 0 Å². The minimum atomic E-state index is -4.83. The second-order valence-electron chi connectivity index (χ2n) is 13.7. The van der Waals surface area contributed by atoms with Gasteiger partial charge in [0.05, 0.1) is 0 Å². The standard InChI is InChI=1S/C19H19.C18H17.C2H7Si.2ClH.Zr/c1-13(2)16-9-10-17(15-7-5-4-6-8-15)19-12-14(3)11-18(16)19;1-13(2)16-11-15-9-6-10-17(18(15)12-16)14-7-4-3-5-8-14;1-3-2;;;/h4-13H,1-3H3;3-13H,1-2H3;3H,1-2H3;2*1H;/q;;;;;+2/p-2. The van der Waals surface area contributed by atoms with E-state index in [9.17, 15) is 0 Å². The minimum absolute atomic E-state index is 0.0889. The third-order valence-corrected chi connectivity index (χ3v) is 62.1. The van der Waals surface area contributed by atoms with Gasteiger partial charge in [-0.15, -0.1) is 0 Å². The average molecular weight is 702 g/mol. The maximum absolute atomic E-state index is 8.66. The van der Waals surface area contributed by atoms with Crippen molar-refractivity contribution in [3.05, 3.63) is 130 Å². The summed E-state index contributed by atoms with van der Waals surface area (Å²) in [6.07, 6.45) is 4.92. The molecule has 2 unspecified atom stereocenters. The van der Waals surface area contributed by atoms with Gasteiger partial charge in [0, 0.05) is 0 Å². The molecule has 0 aromatic heterocycles. The van der Waals surface area contributed by atoms with Crippen LogP contribution in [0.5, 0.6) is 0 Å². The Morgan fingerprint density at radius 3 is 1.74 bits per heavy atom. The van der Waals surface area contributed by atoms with Gasteiger partial charge in [-0.25, -0.2) is 0 Å². The zero-order valence-electron chi connectivity index (χ0n) is 26.5. The Labute approximate surface area is 267 Å².